The molecule has 0 radical (unpaired) electrons. The third-order valence-electron chi connectivity index (χ3n) is 2.25. The zero-order valence-electron chi connectivity index (χ0n) is 9.17. The fourth-order valence-electron chi connectivity index (χ4n) is 1.47. The summed E-state index contributed by atoms with van der Waals surface area (Å²) in [5, 5.41) is 2.77. The molecule has 2 N–H and O–H groups in total. The fraction of sp³-hybridized carbons (Fsp3) is 0.600. The number of rotatable bonds is 5. The fourth-order valence-corrected chi connectivity index (χ4v) is 1.74. The number of nitrogens with zero attached hydrogens (tertiary/aromatic N) is 1. The number of aromatic nitrogens is 2. The van der Waals surface area contributed by atoms with Crippen molar-refractivity contribution in [2.75, 3.05) is 6.54 Å². The molecule has 0 unspecified atom stereocenters. The molecule has 1 aromatic rings. The van der Waals surface area contributed by atoms with E-state index in [-0.39, 0.29) is 5.91 Å². The molecule has 15 heavy (non-hydrogen) atoms. The number of H-pyrrole nitrogens is 1. The Balaban J connectivity index is 2.60. The Morgan fingerprint density at radius 2 is 2.33 bits per heavy atom. The lowest BCUT2D eigenvalue weighted by Gasteiger charge is -2.06. The predicted molar refractivity (Wildman–Crippen MR) is 62.3 cm³/mol. The van der Waals surface area contributed by atoms with Gasteiger partial charge in [-0.2, -0.15) is 0 Å². The Hall–Kier alpha value is -1.10. The molecular weight excluding hydrogens is 210 g/mol. The molecule has 0 fully saturated rings. The quantitative estimate of drug-likeness (QED) is 0.751. The van der Waals surface area contributed by atoms with Gasteiger partial charge in [0.25, 0.3) is 0 Å². The van der Waals surface area contributed by atoms with Crippen molar-refractivity contribution in [2.24, 2.45) is 0 Å². The molecule has 0 bridgehead atoms. The van der Waals surface area contributed by atoms with E-state index in [2.05, 4.69) is 17.2 Å². The van der Waals surface area contributed by atoms with E-state index in [1.807, 2.05) is 17.7 Å². The van der Waals surface area contributed by atoms with Crippen molar-refractivity contribution in [1.29, 1.82) is 0 Å². The summed E-state index contributed by atoms with van der Waals surface area (Å²) in [7, 11) is 0. The molecule has 84 valence electrons. The highest BCUT2D eigenvalue weighted by molar-refractivity contribution is 7.71. The van der Waals surface area contributed by atoms with Gasteiger partial charge in [0.2, 0.25) is 5.91 Å². The molecule has 4 nitrogen and oxygen atoms in total. The first-order valence-corrected chi connectivity index (χ1v) is 5.63. The minimum Gasteiger partial charge on any atom is -0.356 e. The van der Waals surface area contributed by atoms with Crippen molar-refractivity contribution in [1.82, 2.24) is 14.9 Å². The van der Waals surface area contributed by atoms with Crippen molar-refractivity contribution >= 4 is 18.1 Å². The maximum atomic E-state index is 11.3. The van der Waals surface area contributed by atoms with Gasteiger partial charge in [-0.1, -0.05) is 6.92 Å². The summed E-state index contributed by atoms with van der Waals surface area (Å²) in [4.78, 5) is 14.3. The SMILES string of the molecule is CCNC(=O)CCn1c(CC)c[nH]c1=S. The molecule has 5 heteroatoms. The van der Waals surface area contributed by atoms with E-state index in [4.69, 9.17) is 12.2 Å². The van der Waals surface area contributed by atoms with Crippen LogP contribution in [-0.2, 0) is 17.8 Å². The van der Waals surface area contributed by atoms with Crippen LogP contribution in [0.5, 0.6) is 0 Å². The van der Waals surface area contributed by atoms with E-state index in [9.17, 15) is 4.79 Å². The van der Waals surface area contributed by atoms with E-state index >= 15 is 0 Å². The van der Waals surface area contributed by atoms with E-state index in [1.54, 1.807) is 0 Å². The van der Waals surface area contributed by atoms with Crippen molar-refractivity contribution in [3.8, 4) is 0 Å². The van der Waals surface area contributed by atoms with Gasteiger partial charge in [0.1, 0.15) is 0 Å². The van der Waals surface area contributed by atoms with Gasteiger partial charge in [-0.05, 0) is 25.6 Å². The lowest BCUT2D eigenvalue weighted by atomic mass is 10.3. The number of aromatic amines is 1. The molecule has 1 rings (SSSR count). The van der Waals surface area contributed by atoms with Gasteiger partial charge in [-0.3, -0.25) is 4.79 Å². The zero-order chi connectivity index (χ0) is 11.3. The number of nitrogens with one attached hydrogen (secondary N) is 2. The molecule has 0 saturated heterocycles. The summed E-state index contributed by atoms with van der Waals surface area (Å²) in [6, 6.07) is 0. The number of hydrogen-bond acceptors (Lipinski definition) is 2. The number of imidazole rings is 1. The molecular formula is C10H17N3OS. The maximum Gasteiger partial charge on any atom is 0.221 e. The van der Waals surface area contributed by atoms with Crippen LogP contribution in [0, 0.1) is 4.77 Å². The molecule has 1 amide bonds. The van der Waals surface area contributed by atoms with Crippen molar-refractivity contribution in [2.45, 2.75) is 33.2 Å². The first-order valence-electron chi connectivity index (χ1n) is 5.22. The number of hydrogen-bond donors (Lipinski definition) is 2. The Bertz CT molecular complexity index is 380. The molecule has 0 aliphatic carbocycles. The molecule has 1 heterocycles. The Labute approximate surface area is 94.7 Å². The average Bonchev–Trinajstić information content (AvgIpc) is 2.57. The van der Waals surface area contributed by atoms with E-state index < -0.39 is 0 Å². The first-order chi connectivity index (χ1) is 7.19. The Morgan fingerprint density at radius 3 is 2.93 bits per heavy atom. The van der Waals surface area contributed by atoms with Gasteiger partial charge >= 0.3 is 0 Å². The van der Waals surface area contributed by atoms with Gasteiger partial charge in [0.15, 0.2) is 4.77 Å². The van der Waals surface area contributed by atoms with Gasteiger partial charge in [-0.25, -0.2) is 0 Å². The van der Waals surface area contributed by atoms with E-state index in [0.717, 1.165) is 12.1 Å². The van der Waals surface area contributed by atoms with E-state index in [0.29, 0.717) is 24.3 Å². The molecule has 1 aromatic heterocycles. The van der Waals surface area contributed by atoms with Crippen LogP contribution < -0.4 is 5.32 Å². The highest BCUT2D eigenvalue weighted by Crippen LogP contribution is 2.03. The average molecular weight is 227 g/mol. The topological polar surface area (TPSA) is 49.8 Å². The van der Waals surface area contributed by atoms with Gasteiger partial charge < -0.3 is 14.9 Å². The smallest absolute Gasteiger partial charge is 0.221 e. The molecule has 0 aromatic carbocycles. The maximum absolute atomic E-state index is 11.3. The molecule has 0 aliphatic heterocycles. The van der Waals surface area contributed by atoms with Crippen molar-refractivity contribution in [3.05, 3.63) is 16.7 Å². The monoisotopic (exact) mass is 227 g/mol. The molecule has 0 spiro atoms. The Kier molecular flexibility index (Phi) is 4.55. The normalized spacial score (nSPS) is 10.3. The van der Waals surface area contributed by atoms with Crippen LogP contribution in [0.4, 0.5) is 0 Å². The lowest BCUT2D eigenvalue weighted by Crippen LogP contribution is -2.24. The number of amides is 1. The van der Waals surface area contributed by atoms with Gasteiger partial charge in [0, 0.05) is 31.4 Å². The van der Waals surface area contributed by atoms with Crippen LogP contribution in [-0.4, -0.2) is 22.0 Å². The number of aryl methyl sites for hydroxylation is 1. The van der Waals surface area contributed by atoms with Gasteiger partial charge in [0.05, 0.1) is 0 Å². The van der Waals surface area contributed by atoms with Crippen molar-refractivity contribution < 1.29 is 4.79 Å². The summed E-state index contributed by atoms with van der Waals surface area (Å²) in [5.74, 6) is 0.0719. The van der Waals surface area contributed by atoms with Crippen LogP contribution in [0.1, 0.15) is 26.0 Å². The molecule has 0 aliphatic rings. The summed E-state index contributed by atoms with van der Waals surface area (Å²) < 4.78 is 2.67. The van der Waals surface area contributed by atoms with Crippen LogP contribution in [0.3, 0.4) is 0 Å². The predicted octanol–water partition coefficient (Wildman–Crippen LogP) is 1.63. The van der Waals surface area contributed by atoms with Crippen LogP contribution in [0.15, 0.2) is 6.20 Å². The number of carbonyl (C=O) groups is 1. The summed E-state index contributed by atoms with van der Waals surface area (Å²) in [6.07, 6.45) is 3.30. The summed E-state index contributed by atoms with van der Waals surface area (Å²) >= 11 is 5.13. The second kappa shape index (κ2) is 5.70. The lowest BCUT2D eigenvalue weighted by molar-refractivity contribution is -0.121. The number of carbonyl (C=O) groups excluding carboxylic acids is 1. The van der Waals surface area contributed by atoms with Crippen LogP contribution in [0.25, 0.3) is 0 Å². The third-order valence-corrected chi connectivity index (χ3v) is 2.59. The molecule has 0 atom stereocenters. The summed E-state index contributed by atoms with van der Waals surface area (Å²) in [5.41, 5.74) is 1.14. The Morgan fingerprint density at radius 1 is 1.60 bits per heavy atom. The largest absolute Gasteiger partial charge is 0.356 e. The second-order valence-electron chi connectivity index (χ2n) is 3.29. The zero-order valence-corrected chi connectivity index (χ0v) is 9.99. The minimum atomic E-state index is 0.0719. The second-order valence-corrected chi connectivity index (χ2v) is 3.68. The third kappa shape index (κ3) is 3.20. The van der Waals surface area contributed by atoms with Crippen LogP contribution >= 0.6 is 12.2 Å². The van der Waals surface area contributed by atoms with Gasteiger partial charge in [-0.15, -0.1) is 0 Å². The molecule has 0 saturated carbocycles. The standard InChI is InChI=1S/C10H17N3OS/c1-3-8-7-12-10(15)13(8)6-5-9(14)11-4-2/h7H,3-6H2,1-2H3,(H,11,14)(H,12,15). The van der Waals surface area contributed by atoms with Crippen molar-refractivity contribution in [3.63, 3.8) is 0 Å². The van der Waals surface area contributed by atoms with Crippen LogP contribution in [0.2, 0.25) is 0 Å². The first kappa shape index (κ1) is 12.0. The highest BCUT2D eigenvalue weighted by atomic mass is 32.1. The minimum absolute atomic E-state index is 0.0719. The summed E-state index contributed by atoms with van der Waals surface area (Å²) in [6.45, 7) is 5.31. The highest BCUT2D eigenvalue weighted by Gasteiger charge is 2.04. The van der Waals surface area contributed by atoms with E-state index in [1.165, 1.54) is 0 Å².